The number of carbonyl (C=O) groups is 1. The predicted octanol–water partition coefficient (Wildman–Crippen LogP) is 3.70. The molecule has 0 aromatic carbocycles. The highest BCUT2D eigenvalue weighted by Crippen LogP contribution is 2.47. The molecule has 4 heterocycles. The molecule has 1 atom stereocenters. The van der Waals surface area contributed by atoms with E-state index in [1.165, 1.54) is 29.8 Å². The maximum Gasteiger partial charge on any atom is 0.272 e. The van der Waals surface area contributed by atoms with E-state index < -0.39 is 15.9 Å². The highest BCUT2D eigenvalue weighted by atomic mass is 35.5. The molecule has 1 saturated heterocycles. The SMILES string of the molecule is Cc1c(S(=O)(=O)NC(=O)c2ccc(-n3ccc(OCCC4(C)CC4)n3)nc2Cl)c[nH][n+]1CCCC1CNC(C)(C)C1. The summed E-state index contributed by atoms with van der Waals surface area (Å²) in [7, 11) is -4.15. The highest BCUT2D eigenvalue weighted by molar-refractivity contribution is 7.90. The molecule has 5 rings (SSSR count). The second-order valence-corrected chi connectivity index (χ2v) is 14.3. The van der Waals surface area contributed by atoms with Crippen LogP contribution in [0.1, 0.15) is 75.3 Å². The Balaban J connectivity index is 1.18. The Kier molecular flexibility index (Phi) is 8.19. The van der Waals surface area contributed by atoms with Crippen LogP contribution in [0.15, 0.2) is 35.5 Å². The van der Waals surface area contributed by atoms with E-state index in [4.69, 9.17) is 16.3 Å². The quantitative estimate of drug-likeness (QED) is 0.212. The Morgan fingerprint density at radius 1 is 1.27 bits per heavy atom. The number of aromatic nitrogens is 5. The molecule has 3 N–H and O–H groups in total. The van der Waals surface area contributed by atoms with Gasteiger partial charge in [-0.2, -0.15) is 5.10 Å². The predicted molar refractivity (Wildman–Crippen MR) is 154 cm³/mol. The van der Waals surface area contributed by atoms with E-state index in [0.29, 0.717) is 41.9 Å². The number of hydrogen-bond donors (Lipinski definition) is 3. The molecule has 11 nitrogen and oxygen atoms in total. The number of aromatic amines is 1. The minimum Gasteiger partial charge on any atom is -0.477 e. The van der Waals surface area contributed by atoms with Gasteiger partial charge in [-0.05, 0) is 76.0 Å². The number of nitrogens with one attached hydrogen (secondary N) is 3. The smallest absolute Gasteiger partial charge is 0.272 e. The number of H-pyrrole nitrogens is 1. The summed E-state index contributed by atoms with van der Waals surface area (Å²) >= 11 is 6.31. The van der Waals surface area contributed by atoms with Gasteiger partial charge < -0.3 is 10.1 Å². The largest absolute Gasteiger partial charge is 0.477 e. The summed E-state index contributed by atoms with van der Waals surface area (Å²) in [5.74, 6) is 0.588. The molecule has 3 aromatic heterocycles. The van der Waals surface area contributed by atoms with Gasteiger partial charge in [-0.3, -0.25) is 4.79 Å². The van der Waals surface area contributed by atoms with Crippen molar-refractivity contribution in [2.24, 2.45) is 11.3 Å². The molecule has 1 amide bonds. The second kappa shape index (κ2) is 11.4. The van der Waals surface area contributed by atoms with E-state index in [2.05, 4.69) is 46.0 Å². The molecular formula is C28H39ClN7O4S+. The number of nitrogens with zero attached hydrogens (tertiary/aromatic N) is 4. The first-order valence-electron chi connectivity index (χ1n) is 14.1. The number of sulfonamides is 1. The average molecular weight is 605 g/mol. The van der Waals surface area contributed by atoms with Crippen LogP contribution in [0, 0.1) is 18.3 Å². The monoisotopic (exact) mass is 604 g/mol. The molecule has 41 heavy (non-hydrogen) atoms. The number of carbonyl (C=O) groups excluding carboxylic acids is 1. The number of amides is 1. The Morgan fingerprint density at radius 2 is 2.05 bits per heavy atom. The second-order valence-electron chi connectivity index (χ2n) is 12.3. The molecule has 0 spiro atoms. The Morgan fingerprint density at radius 3 is 2.73 bits per heavy atom. The number of pyridine rings is 1. The van der Waals surface area contributed by atoms with Crippen molar-refractivity contribution in [3.8, 4) is 11.7 Å². The molecule has 13 heteroatoms. The van der Waals surface area contributed by atoms with Crippen LogP contribution in [-0.4, -0.2) is 52.9 Å². The fraction of sp³-hybridized carbons (Fsp3) is 0.571. The van der Waals surface area contributed by atoms with E-state index in [0.717, 1.165) is 32.2 Å². The van der Waals surface area contributed by atoms with Gasteiger partial charge in [0.05, 0.1) is 18.4 Å². The molecule has 1 aliphatic heterocycles. The normalized spacial score (nSPS) is 19.3. The van der Waals surface area contributed by atoms with Crippen molar-refractivity contribution in [3.05, 3.63) is 47.0 Å². The van der Waals surface area contributed by atoms with E-state index in [1.54, 1.807) is 29.9 Å². The topological polar surface area (TPSA) is 135 Å². The van der Waals surface area contributed by atoms with Crippen molar-refractivity contribution in [1.29, 1.82) is 0 Å². The molecule has 1 saturated carbocycles. The summed E-state index contributed by atoms with van der Waals surface area (Å²) in [5.41, 5.74) is 1.03. The minimum atomic E-state index is -4.15. The van der Waals surface area contributed by atoms with Gasteiger partial charge in [0.25, 0.3) is 15.9 Å². The molecule has 0 bridgehead atoms. The molecule has 2 aliphatic rings. The van der Waals surface area contributed by atoms with Crippen molar-refractivity contribution in [1.82, 2.24) is 29.9 Å². The van der Waals surface area contributed by atoms with Crippen LogP contribution in [0.4, 0.5) is 0 Å². The molecule has 1 aliphatic carbocycles. The lowest BCUT2D eigenvalue weighted by Crippen LogP contribution is -2.39. The average Bonchev–Trinajstić information content (AvgIpc) is 3.21. The van der Waals surface area contributed by atoms with Crippen molar-refractivity contribution in [2.45, 2.75) is 83.2 Å². The molecule has 3 aromatic rings. The summed E-state index contributed by atoms with van der Waals surface area (Å²) < 4.78 is 37.3. The highest BCUT2D eigenvalue weighted by Gasteiger charge is 2.36. The van der Waals surface area contributed by atoms with Crippen molar-refractivity contribution in [2.75, 3.05) is 13.2 Å². The van der Waals surface area contributed by atoms with Gasteiger partial charge in [-0.1, -0.05) is 18.5 Å². The van der Waals surface area contributed by atoms with E-state index in [-0.39, 0.29) is 21.2 Å². The number of hydrogen-bond acceptors (Lipinski definition) is 7. The zero-order chi connectivity index (χ0) is 29.4. The maximum atomic E-state index is 13.1. The van der Waals surface area contributed by atoms with Gasteiger partial charge in [0.15, 0.2) is 17.3 Å². The zero-order valence-corrected chi connectivity index (χ0v) is 25.6. The van der Waals surface area contributed by atoms with E-state index in [9.17, 15) is 13.2 Å². The molecule has 1 unspecified atom stereocenters. The molecule has 222 valence electrons. The molecule has 2 fully saturated rings. The van der Waals surface area contributed by atoms with Crippen LogP contribution in [-0.2, 0) is 16.6 Å². The third-order valence-corrected chi connectivity index (χ3v) is 9.96. The first-order chi connectivity index (χ1) is 19.3. The summed E-state index contributed by atoms with van der Waals surface area (Å²) in [6.07, 6.45) is 9.63. The van der Waals surface area contributed by atoms with Gasteiger partial charge >= 0.3 is 0 Å². The third-order valence-electron chi connectivity index (χ3n) is 8.23. The van der Waals surface area contributed by atoms with Gasteiger partial charge in [0.1, 0.15) is 5.15 Å². The lowest BCUT2D eigenvalue weighted by molar-refractivity contribution is -0.756. The van der Waals surface area contributed by atoms with Crippen LogP contribution in [0.2, 0.25) is 5.15 Å². The van der Waals surface area contributed by atoms with Crippen molar-refractivity contribution >= 4 is 27.5 Å². The first kappa shape index (κ1) is 29.5. The van der Waals surface area contributed by atoms with Gasteiger partial charge in [0, 0.05) is 31.1 Å². The molecular weight excluding hydrogens is 566 g/mol. The third kappa shape index (κ3) is 7.10. The summed E-state index contributed by atoms with van der Waals surface area (Å²) in [4.78, 5) is 17.2. The Labute approximate surface area is 246 Å². The van der Waals surface area contributed by atoms with E-state index >= 15 is 0 Å². The fourth-order valence-corrected chi connectivity index (χ4v) is 6.74. The van der Waals surface area contributed by atoms with Crippen molar-refractivity contribution < 1.29 is 22.6 Å². The van der Waals surface area contributed by atoms with Crippen LogP contribution >= 0.6 is 11.6 Å². The molecule has 0 radical (unpaired) electrons. The van der Waals surface area contributed by atoms with Crippen LogP contribution < -0.4 is 19.5 Å². The van der Waals surface area contributed by atoms with Crippen LogP contribution in [0.3, 0.4) is 0 Å². The Bertz CT molecular complexity index is 1530. The van der Waals surface area contributed by atoms with Crippen LogP contribution in [0.25, 0.3) is 5.82 Å². The maximum absolute atomic E-state index is 13.1. The lowest BCUT2D eigenvalue weighted by Gasteiger charge is -2.17. The number of halogens is 1. The van der Waals surface area contributed by atoms with Crippen LogP contribution in [0.5, 0.6) is 5.88 Å². The summed E-state index contributed by atoms with van der Waals surface area (Å²) in [5, 5.41) is 10.8. The number of aryl methyl sites for hydroxylation is 1. The van der Waals surface area contributed by atoms with Gasteiger partial charge in [0.2, 0.25) is 11.6 Å². The fourth-order valence-electron chi connectivity index (χ4n) is 5.33. The Hall–Kier alpha value is -2.96. The standard InChI is InChI=1S/C28H38ClN7O4S/c1-19-22(18-31-35(19)13-5-6-20-16-27(2,3)30-17-20)41(38,39)34-26(37)21-7-8-23(32-25(21)29)36-14-9-24(33-36)40-15-12-28(4)10-11-28/h7-9,14,18,20,30H,5-6,10-13,15-17H2,1-4H3,(H,34,37)/p+1. The lowest BCUT2D eigenvalue weighted by atomic mass is 9.94. The number of rotatable bonds is 12. The van der Waals surface area contributed by atoms with Gasteiger partial charge in [-0.25, -0.2) is 22.8 Å². The van der Waals surface area contributed by atoms with Crippen molar-refractivity contribution in [3.63, 3.8) is 0 Å². The zero-order valence-electron chi connectivity index (χ0n) is 24.0. The van der Waals surface area contributed by atoms with E-state index in [1.807, 2.05) is 0 Å². The van der Waals surface area contributed by atoms with Gasteiger partial charge in [-0.15, -0.1) is 9.78 Å². The summed E-state index contributed by atoms with van der Waals surface area (Å²) in [6, 6.07) is 4.71. The number of ether oxygens (including phenoxy) is 1. The first-order valence-corrected chi connectivity index (χ1v) is 16.0. The summed E-state index contributed by atoms with van der Waals surface area (Å²) in [6.45, 7) is 10.6. The minimum absolute atomic E-state index is 0.00923.